The van der Waals surface area contributed by atoms with Crippen molar-refractivity contribution in [1.29, 1.82) is 0 Å². The van der Waals surface area contributed by atoms with E-state index in [0.29, 0.717) is 12.5 Å². The predicted octanol–water partition coefficient (Wildman–Crippen LogP) is 0.0876. The largest absolute Gasteiger partial charge is 0.357 e. The molecule has 5 heteroatoms. The van der Waals surface area contributed by atoms with Gasteiger partial charge in [-0.3, -0.25) is 4.79 Å². The minimum absolute atomic E-state index is 0.0369. The predicted molar refractivity (Wildman–Crippen MR) is 63.0 cm³/mol. The highest BCUT2D eigenvalue weighted by Crippen LogP contribution is 1.76. The van der Waals surface area contributed by atoms with E-state index in [4.69, 9.17) is 0 Å². The molecule has 0 fully saturated rings. The second kappa shape index (κ2) is 9.30. The van der Waals surface area contributed by atoms with Crippen LogP contribution >= 0.6 is 0 Å². The van der Waals surface area contributed by atoms with Crippen LogP contribution in [0.3, 0.4) is 0 Å². The average molecular weight is 214 g/mol. The lowest BCUT2D eigenvalue weighted by Gasteiger charge is -2.08. The van der Waals surface area contributed by atoms with E-state index in [1.807, 2.05) is 20.8 Å². The molecule has 0 aliphatic carbocycles. The Morgan fingerprint density at radius 3 is 2.13 bits per heavy atom. The summed E-state index contributed by atoms with van der Waals surface area (Å²) < 4.78 is 0. The molecule has 0 bridgehead atoms. The highest BCUT2D eigenvalue weighted by molar-refractivity contribution is 5.84. The van der Waals surface area contributed by atoms with Gasteiger partial charge in [0.25, 0.3) is 0 Å². The Bertz CT molecular complexity index is 196. The second-order valence-corrected chi connectivity index (χ2v) is 3.08. The van der Waals surface area contributed by atoms with Crippen molar-refractivity contribution in [2.24, 2.45) is 4.99 Å². The second-order valence-electron chi connectivity index (χ2n) is 3.08. The topological polar surface area (TPSA) is 65.5 Å². The van der Waals surface area contributed by atoms with E-state index in [1.165, 1.54) is 0 Å². The fourth-order valence-corrected chi connectivity index (χ4v) is 0.980. The molecule has 15 heavy (non-hydrogen) atoms. The molecular formula is C10H22N4O. The van der Waals surface area contributed by atoms with Gasteiger partial charge in [-0.05, 0) is 20.3 Å². The highest BCUT2D eigenvalue weighted by atomic mass is 16.1. The fraction of sp³-hybridized carbons (Fsp3) is 0.800. The summed E-state index contributed by atoms with van der Waals surface area (Å²) in [7, 11) is 0. The molecular weight excluding hydrogens is 192 g/mol. The molecule has 0 aromatic rings. The molecule has 0 spiro atoms. The molecule has 1 amide bonds. The highest BCUT2D eigenvalue weighted by Gasteiger charge is 1.99. The monoisotopic (exact) mass is 214 g/mol. The zero-order valence-electron chi connectivity index (χ0n) is 9.89. The van der Waals surface area contributed by atoms with Crippen LogP contribution in [0.5, 0.6) is 0 Å². The van der Waals surface area contributed by atoms with Crippen LogP contribution < -0.4 is 16.0 Å². The van der Waals surface area contributed by atoms with Crippen LogP contribution in [0.15, 0.2) is 4.99 Å². The molecule has 0 radical (unpaired) electrons. The fourth-order valence-electron chi connectivity index (χ4n) is 0.980. The van der Waals surface area contributed by atoms with Crippen molar-refractivity contribution in [2.45, 2.75) is 27.2 Å². The smallest absolute Gasteiger partial charge is 0.241 e. The van der Waals surface area contributed by atoms with Crippen molar-refractivity contribution in [3.8, 4) is 0 Å². The summed E-state index contributed by atoms with van der Waals surface area (Å²) in [6.45, 7) is 8.48. The van der Waals surface area contributed by atoms with Crippen LogP contribution in [0, 0.1) is 0 Å². The third-order valence-electron chi connectivity index (χ3n) is 1.64. The first-order valence-corrected chi connectivity index (χ1v) is 5.53. The number of rotatable bonds is 6. The lowest BCUT2D eigenvalue weighted by atomic mass is 10.4. The quantitative estimate of drug-likeness (QED) is 0.433. The third kappa shape index (κ3) is 7.78. The number of nitrogens with zero attached hydrogens (tertiary/aromatic N) is 1. The third-order valence-corrected chi connectivity index (χ3v) is 1.64. The summed E-state index contributed by atoms with van der Waals surface area (Å²) in [5, 5.41) is 8.88. The molecule has 0 rings (SSSR count). The first kappa shape index (κ1) is 13.7. The lowest BCUT2D eigenvalue weighted by Crippen LogP contribution is -2.38. The van der Waals surface area contributed by atoms with Crippen LogP contribution in [-0.4, -0.2) is 38.0 Å². The molecule has 0 atom stereocenters. The lowest BCUT2D eigenvalue weighted by molar-refractivity contribution is -0.119. The minimum Gasteiger partial charge on any atom is -0.357 e. The molecule has 0 aliphatic heterocycles. The van der Waals surface area contributed by atoms with Gasteiger partial charge < -0.3 is 16.0 Å². The van der Waals surface area contributed by atoms with Crippen molar-refractivity contribution >= 4 is 11.9 Å². The summed E-state index contributed by atoms with van der Waals surface area (Å²) in [5.41, 5.74) is 0. The van der Waals surface area contributed by atoms with Gasteiger partial charge in [-0.2, -0.15) is 0 Å². The molecule has 5 nitrogen and oxygen atoms in total. The first-order valence-electron chi connectivity index (χ1n) is 5.53. The number of hydrogen-bond donors (Lipinski definition) is 3. The van der Waals surface area contributed by atoms with Crippen LogP contribution in [0.4, 0.5) is 0 Å². The molecule has 0 aromatic heterocycles. The number of carbonyl (C=O) groups excluding carboxylic acids is 1. The van der Waals surface area contributed by atoms with Gasteiger partial charge in [-0.15, -0.1) is 0 Å². The number of aliphatic imine (C=N–C) groups is 1. The van der Waals surface area contributed by atoms with E-state index < -0.39 is 0 Å². The van der Waals surface area contributed by atoms with Gasteiger partial charge in [0.2, 0.25) is 5.91 Å². The van der Waals surface area contributed by atoms with Crippen molar-refractivity contribution < 1.29 is 4.79 Å². The van der Waals surface area contributed by atoms with Crippen LogP contribution in [-0.2, 0) is 4.79 Å². The summed E-state index contributed by atoms with van der Waals surface area (Å²) in [6, 6.07) is 0. The van der Waals surface area contributed by atoms with Gasteiger partial charge in [0.15, 0.2) is 5.96 Å². The first-order chi connectivity index (χ1) is 7.24. The van der Waals surface area contributed by atoms with E-state index in [-0.39, 0.29) is 12.5 Å². The molecule has 0 heterocycles. The Labute approximate surface area is 91.7 Å². The van der Waals surface area contributed by atoms with Crippen molar-refractivity contribution in [2.75, 3.05) is 26.2 Å². The SMILES string of the molecule is CCCNC(=O)CN=C(NCC)NCC. The van der Waals surface area contributed by atoms with Crippen LogP contribution in [0.2, 0.25) is 0 Å². The summed E-state index contributed by atoms with van der Waals surface area (Å²) >= 11 is 0. The molecule has 0 unspecified atom stereocenters. The Hall–Kier alpha value is -1.26. The Morgan fingerprint density at radius 2 is 1.67 bits per heavy atom. The zero-order chi connectivity index (χ0) is 11.5. The number of guanidine groups is 1. The number of carbonyl (C=O) groups is 1. The normalized spacial score (nSPS) is 9.27. The molecule has 3 N–H and O–H groups in total. The van der Waals surface area contributed by atoms with E-state index in [0.717, 1.165) is 19.5 Å². The summed E-state index contributed by atoms with van der Waals surface area (Å²) in [5.74, 6) is 0.650. The zero-order valence-corrected chi connectivity index (χ0v) is 9.89. The maximum atomic E-state index is 11.2. The molecule has 0 aliphatic rings. The van der Waals surface area contributed by atoms with Crippen LogP contribution in [0.1, 0.15) is 27.2 Å². The van der Waals surface area contributed by atoms with Gasteiger partial charge >= 0.3 is 0 Å². The molecule has 0 saturated heterocycles. The van der Waals surface area contributed by atoms with E-state index in [1.54, 1.807) is 0 Å². The number of nitrogens with one attached hydrogen (secondary N) is 3. The van der Waals surface area contributed by atoms with Gasteiger partial charge in [0.1, 0.15) is 6.54 Å². The van der Waals surface area contributed by atoms with Gasteiger partial charge in [-0.1, -0.05) is 6.92 Å². The van der Waals surface area contributed by atoms with Crippen molar-refractivity contribution in [1.82, 2.24) is 16.0 Å². The van der Waals surface area contributed by atoms with E-state index in [2.05, 4.69) is 20.9 Å². The summed E-state index contributed by atoms with van der Waals surface area (Å²) in [4.78, 5) is 15.4. The van der Waals surface area contributed by atoms with Crippen molar-refractivity contribution in [3.63, 3.8) is 0 Å². The standard InChI is InChI=1S/C10H22N4O/c1-4-7-13-9(15)8-14-10(11-5-2)12-6-3/h4-8H2,1-3H3,(H,13,15)(H2,11,12,14). The maximum absolute atomic E-state index is 11.2. The minimum atomic E-state index is -0.0369. The molecule has 0 saturated carbocycles. The average Bonchev–Trinajstić information content (AvgIpc) is 2.23. The van der Waals surface area contributed by atoms with Gasteiger partial charge in [-0.25, -0.2) is 4.99 Å². The van der Waals surface area contributed by atoms with E-state index in [9.17, 15) is 4.79 Å². The van der Waals surface area contributed by atoms with Gasteiger partial charge in [0, 0.05) is 19.6 Å². The van der Waals surface area contributed by atoms with Crippen molar-refractivity contribution in [3.05, 3.63) is 0 Å². The Balaban J connectivity index is 3.90. The Kier molecular flexibility index (Phi) is 8.52. The molecule has 0 aromatic carbocycles. The maximum Gasteiger partial charge on any atom is 0.241 e. The summed E-state index contributed by atoms with van der Waals surface area (Å²) in [6.07, 6.45) is 0.947. The van der Waals surface area contributed by atoms with Crippen LogP contribution in [0.25, 0.3) is 0 Å². The van der Waals surface area contributed by atoms with Gasteiger partial charge in [0.05, 0.1) is 0 Å². The Morgan fingerprint density at radius 1 is 1.07 bits per heavy atom. The number of amides is 1. The number of hydrogen-bond acceptors (Lipinski definition) is 2. The van der Waals surface area contributed by atoms with E-state index >= 15 is 0 Å². The molecule has 88 valence electrons.